The SMILES string of the molecule is Cl.OCC[C@@H](c1ccc2c(c1)OCCO2)N1CCNCC1. The van der Waals surface area contributed by atoms with Crippen molar-refractivity contribution in [3.63, 3.8) is 0 Å². The van der Waals surface area contributed by atoms with Crippen LogP contribution < -0.4 is 14.8 Å². The Morgan fingerprint density at radius 3 is 2.57 bits per heavy atom. The van der Waals surface area contributed by atoms with Gasteiger partial charge < -0.3 is 19.9 Å². The molecule has 2 aliphatic rings. The van der Waals surface area contributed by atoms with Gasteiger partial charge in [-0.25, -0.2) is 0 Å². The van der Waals surface area contributed by atoms with E-state index in [1.807, 2.05) is 6.07 Å². The topological polar surface area (TPSA) is 54.0 Å². The highest BCUT2D eigenvalue weighted by atomic mass is 35.5. The number of ether oxygens (including phenoxy) is 2. The molecular weight excluding hydrogens is 292 g/mol. The number of aliphatic hydroxyl groups excluding tert-OH is 1. The van der Waals surface area contributed by atoms with Crippen molar-refractivity contribution in [3.8, 4) is 11.5 Å². The molecule has 21 heavy (non-hydrogen) atoms. The van der Waals surface area contributed by atoms with Gasteiger partial charge in [0.15, 0.2) is 11.5 Å². The van der Waals surface area contributed by atoms with Gasteiger partial charge in [0.05, 0.1) is 0 Å². The Morgan fingerprint density at radius 1 is 1.14 bits per heavy atom. The molecular formula is C15H23ClN2O3. The summed E-state index contributed by atoms with van der Waals surface area (Å²) in [4.78, 5) is 2.43. The van der Waals surface area contributed by atoms with Gasteiger partial charge in [-0.2, -0.15) is 0 Å². The molecule has 0 aromatic heterocycles. The highest BCUT2D eigenvalue weighted by molar-refractivity contribution is 5.85. The predicted octanol–water partition coefficient (Wildman–Crippen LogP) is 1.21. The Morgan fingerprint density at radius 2 is 1.86 bits per heavy atom. The molecule has 1 aromatic carbocycles. The summed E-state index contributed by atoms with van der Waals surface area (Å²) in [6.45, 7) is 5.46. The first-order valence-corrected chi connectivity index (χ1v) is 7.33. The van der Waals surface area contributed by atoms with E-state index in [0.29, 0.717) is 13.2 Å². The summed E-state index contributed by atoms with van der Waals surface area (Å²) < 4.78 is 11.2. The molecule has 0 spiro atoms. The van der Waals surface area contributed by atoms with Crippen molar-refractivity contribution < 1.29 is 14.6 Å². The number of hydrogen-bond acceptors (Lipinski definition) is 5. The van der Waals surface area contributed by atoms with E-state index in [0.717, 1.165) is 44.1 Å². The zero-order valence-electron chi connectivity index (χ0n) is 12.1. The summed E-state index contributed by atoms with van der Waals surface area (Å²) in [5.74, 6) is 1.65. The van der Waals surface area contributed by atoms with Crippen LogP contribution in [0.1, 0.15) is 18.0 Å². The molecule has 2 aliphatic heterocycles. The minimum atomic E-state index is 0. The second-order valence-corrected chi connectivity index (χ2v) is 5.22. The number of hydrogen-bond donors (Lipinski definition) is 2. The molecule has 3 rings (SSSR count). The molecule has 0 aliphatic carbocycles. The quantitative estimate of drug-likeness (QED) is 0.875. The third kappa shape index (κ3) is 3.80. The molecule has 0 bridgehead atoms. The van der Waals surface area contributed by atoms with Gasteiger partial charge in [-0.05, 0) is 24.1 Å². The van der Waals surface area contributed by atoms with Crippen molar-refractivity contribution in [1.82, 2.24) is 10.2 Å². The molecule has 1 saturated heterocycles. The minimum Gasteiger partial charge on any atom is -0.486 e. The lowest BCUT2D eigenvalue weighted by Gasteiger charge is -2.35. The Hall–Kier alpha value is -1.01. The molecule has 6 heteroatoms. The highest BCUT2D eigenvalue weighted by Crippen LogP contribution is 2.35. The van der Waals surface area contributed by atoms with E-state index in [1.165, 1.54) is 5.56 Å². The van der Waals surface area contributed by atoms with E-state index in [9.17, 15) is 5.11 Å². The summed E-state index contributed by atoms with van der Waals surface area (Å²) in [5, 5.41) is 12.7. The number of halogens is 1. The van der Waals surface area contributed by atoms with Gasteiger partial charge in [-0.3, -0.25) is 4.90 Å². The smallest absolute Gasteiger partial charge is 0.161 e. The average Bonchev–Trinajstić information content (AvgIpc) is 2.53. The van der Waals surface area contributed by atoms with Gasteiger partial charge in [0.2, 0.25) is 0 Å². The van der Waals surface area contributed by atoms with Crippen LogP contribution in [0.25, 0.3) is 0 Å². The van der Waals surface area contributed by atoms with Crippen molar-refractivity contribution >= 4 is 12.4 Å². The van der Waals surface area contributed by atoms with Crippen LogP contribution in [0.4, 0.5) is 0 Å². The number of piperazine rings is 1. The maximum atomic E-state index is 9.37. The highest BCUT2D eigenvalue weighted by Gasteiger charge is 2.23. The molecule has 0 saturated carbocycles. The number of rotatable bonds is 4. The van der Waals surface area contributed by atoms with Crippen molar-refractivity contribution in [2.45, 2.75) is 12.5 Å². The Bertz CT molecular complexity index is 453. The maximum absolute atomic E-state index is 9.37. The second kappa shape index (κ2) is 7.84. The molecule has 1 fully saturated rings. The van der Waals surface area contributed by atoms with Crippen LogP contribution in [0.5, 0.6) is 11.5 Å². The normalized spacial score (nSPS) is 19.7. The molecule has 5 nitrogen and oxygen atoms in total. The summed E-state index contributed by atoms with van der Waals surface area (Å²) in [5.41, 5.74) is 1.20. The first kappa shape index (κ1) is 16.4. The zero-order chi connectivity index (χ0) is 13.8. The van der Waals surface area contributed by atoms with Gasteiger partial charge in [-0.1, -0.05) is 6.07 Å². The Kier molecular flexibility index (Phi) is 6.11. The number of nitrogens with zero attached hydrogens (tertiary/aromatic N) is 1. The fourth-order valence-electron chi connectivity index (χ4n) is 2.94. The monoisotopic (exact) mass is 314 g/mol. The van der Waals surface area contributed by atoms with Crippen LogP contribution in [-0.4, -0.2) is 56.0 Å². The number of nitrogens with one attached hydrogen (secondary N) is 1. The van der Waals surface area contributed by atoms with Crippen molar-refractivity contribution in [3.05, 3.63) is 23.8 Å². The Labute approximate surface area is 131 Å². The van der Waals surface area contributed by atoms with E-state index in [2.05, 4.69) is 22.3 Å². The standard InChI is InChI=1S/C15H22N2O3.ClH/c18-8-3-13(17-6-4-16-5-7-17)12-1-2-14-15(11-12)20-10-9-19-14;/h1-2,11,13,16,18H,3-10H2;1H/t13-;/m0./s1. The zero-order valence-corrected chi connectivity index (χ0v) is 12.9. The van der Waals surface area contributed by atoms with Gasteiger partial charge in [0.25, 0.3) is 0 Å². The van der Waals surface area contributed by atoms with Crippen LogP contribution >= 0.6 is 12.4 Å². The van der Waals surface area contributed by atoms with Crippen LogP contribution in [-0.2, 0) is 0 Å². The predicted molar refractivity (Wildman–Crippen MR) is 83.6 cm³/mol. The summed E-state index contributed by atoms with van der Waals surface area (Å²) >= 11 is 0. The van der Waals surface area contributed by atoms with Crippen molar-refractivity contribution in [1.29, 1.82) is 0 Å². The molecule has 1 aromatic rings. The van der Waals surface area contributed by atoms with E-state index < -0.39 is 0 Å². The number of aliphatic hydroxyl groups is 1. The van der Waals surface area contributed by atoms with Crippen LogP contribution in [0.2, 0.25) is 0 Å². The molecule has 2 heterocycles. The lowest BCUT2D eigenvalue weighted by atomic mass is 10.0. The van der Waals surface area contributed by atoms with Crippen LogP contribution in [0, 0.1) is 0 Å². The molecule has 0 unspecified atom stereocenters. The molecule has 1 atom stereocenters. The van der Waals surface area contributed by atoms with Gasteiger partial charge in [-0.15, -0.1) is 12.4 Å². The fraction of sp³-hybridized carbons (Fsp3) is 0.600. The third-order valence-corrected chi connectivity index (χ3v) is 3.95. The maximum Gasteiger partial charge on any atom is 0.161 e. The summed E-state index contributed by atoms with van der Waals surface area (Å²) in [7, 11) is 0. The number of benzene rings is 1. The average molecular weight is 315 g/mol. The lowest BCUT2D eigenvalue weighted by molar-refractivity contribution is 0.139. The number of fused-ring (bicyclic) bond motifs is 1. The summed E-state index contributed by atoms with van der Waals surface area (Å²) in [6, 6.07) is 6.39. The lowest BCUT2D eigenvalue weighted by Crippen LogP contribution is -2.45. The minimum absolute atomic E-state index is 0. The van der Waals surface area contributed by atoms with E-state index in [-0.39, 0.29) is 25.1 Å². The molecule has 118 valence electrons. The first-order valence-electron chi connectivity index (χ1n) is 7.33. The van der Waals surface area contributed by atoms with Gasteiger partial charge in [0.1, 0.15) is 13.2 Å². The van der Waals surface area contributed by atoms with E-state index in [4.69, 9.17) is 9.47 Å². The van der Waals surface area contributed by atoms with Gasteiger partial charge in [0, 0.05) is 38.8 Å². The molecule has 0 amide bonds. The second-order valence-electron chi connectivity index (χ2n) is 5.22. The first-order chi connectivity index (χ1) is 9.88. The Balaban J connectivity index is 0.00000161. The van der Waals surface area contributed by atoms with E-state index in [1.54, 1.807) is 0 Å². The van der Waals surface area contributed by atoms with Crippen LogP contribution in [0.15, 0.2) is 18.2 Å². The molecule has 0 radical (unpaired) electrons. The summed E-state index contributed by atoms with van der Waals surface area (Å²) in [6.07, 6.45) is 0.750. The van der Waals surface area contributed by atoms with Crippen molar-refractivity contribution in [2.75, 3.05) is 46.0 Å². The fourth-order valence-corrected chi connectivity index (χ4v) is 2.94. The third-order valence-electron chi connectivity index (χ3n) is 3.95. The van der Waals surface area contributed by atoms with E-state index >= 15 is 0 Å². The van der Waals surface area contributed by atoms with Gasteiger partial charge >= 0.3 is 0 Å². The van der Waals surface area contributed by atoms with Crippen molar-refractivity contribution in [2.24, 2.45) is 0 Å². The largest absolute Gasteiger partial charge is 0.486 e. The molecule has 2 N–H and O–H groups in total. The van der Waals surface area contributed by atoms with Crippen LogP contribution in [0.3, 0.4) is 0 Å².